The predicted octanol–water partition coefficient (Wildman–Crippen LogP) is 4.67. The van der Waals surface area contributed by atoms with Crippen molar-refractivity contribution in [3.05, 3.63) is 59.6 Å². The van der Waals surface area contributed by atoms with Crippen molar-refractivity contribution in [2.75, 3.05) is 4.72 Å². The van der Waals surface area contributed by atoms with Crippen LogP contribution in [0, 0.1) is 0 Å². The van der Waals surface area contributed by atoms with E-state index in [2.05, 4.69) is 41.9 Å². The second-order valence-corrected chi connectivity index (χ2v) is 6.96. The molecule has 0 aliphatic heterocycles. The third-order valence-corrected chi connectivity index (χ3v) is 4.80. The standard InChI is InChI=1S/C16H13BrN6S.CH4/c1-22-16-11(8-19-22)3-2-4-14(16)21-24-13-9-20-23(10-13)15-7-12(17)5-6-18-15;/h2-10,21H,1H3;1H4. The summed E-state index contributed by atoms with van der Waals surface area (Å²) in [4.78, 5) is 5.31. The van der Waals surface area contributed by atoms with Gasteiger partial charge in [-0.2, -0.15) is 10.2 Å². The Morgan fingerprint density at radius 1 is 1.16 bits per heavy atom. The first-order chi connectivity index (χ1) is 11.7. The summed E-state index contributed by atoms with van der Waals surface area (Å²) in [6.45, 7) is 0. The number of benzene rings is 1. The molecule has 4 aromatic rings. The second-order valence-electron chi connectivity index (χ2n) is 5.17. The first kappa shape index (κ1) is 17.5. The van der Waals surface area contributed by atoms with E-state index in [-0.39, 0.29) is 7.43 Å². The molecule has 128 valence electrons. The van der Waals surface area contributed by atoms with Gasteiger partial charge in [0, 0.05) is 29.3 Å². The van der Waals surface area contributed by atoms with Gasteiger partial charge >= 0.3 is 0 Å². The lowest BCUT2D eigenvalue weighted by Crippen LogP contribution is -1.96. The van der Waals surface area contributed by atoms with Crippen LogP contribution in [-0.2, 0) is 7.05 Å². The molecule has 25 heavy (non-hydrogen) atoms. The van der Waals surface area contributed by atoms with Crippen molar-refractivity contribution in [1.82, 2.24) is 24.5 Å². The van der Waals surface area contributed by atoms with Crippen LogP contribution in [0.2, 0.25) is 0 Å². The van der Waals surface area contributed by atoms with Crippen LogP contribution in [0.5, 0.6) is 0 Å². The molecule has 0 aliphatic carbocycles. The van der Waals surface area contributed by atoms with Crippen LogP contribution in [-0.4, -0.2) is 24.5 Å². The highest BCUT2D eigenvalue weighted by Crippen LogP contribution is 2.27. The molecule has 0 unspecified atom stereocenters. The van der Waals surface area contributed by atoms with E-state index in [0.717, 1.165) is 31.8 Å². The Morgan fingerprint density at radius 3 is 2.88 bits per heavy atom. The molecule has 4 rings (SSSR count). The smallest absolute Gasteiger partial charge is 0.154 e. The van der Waals surface area contributed by atoms with Crippen LogP contribution in [0.4, 0.5) is 5.69 Å². The number of nitrogens with one attached hydrogen (secondary N) is 1. The molecule has 6 nitrogen and oxygen atoms in total. The van der Waals surface area contributed by atoms with E-state index < -0.39 is 0 Å². The second kappa shape index (κ2) is 7.28. The van der Waals surface area contributed by atoms with Crippen molar-refractivity contribution < 1.29 is 0 Å². The Balaban J connectivity index is 0.00000182. The van der Waals surface area contributed by atoms with Crippen LogP contribution in [0.15, 0.2) is 64.5 Å². The van der Waals surface area contributed by atoms with Gasteiger partial charge in [-0.25, -0.2) is 9.67 Å². The van der Waals surface area contributed by atoms with E-state index in [9.17, 15) is 0 Å². The van der Waals surface area contributed by atoms with Crippen molar-refractivity contribution in [2.24, 2.45) is 7.05 Å². The lowest BCUT2D eigenvalue weighted by atomic mass is 10.2. The number of aromatic nitrogens is 5. The number of hydrogen-bond acceptors (Lipinski definition) is 5. The van der Waals surface area contributed by atoms with Crippen molar-refractivity contribution in [1.29, 1.82) is 0 Å². The SMILES string of the molecule is C.Cn1ncc2cccc(NSc3cnn(-c4cc(Br)ccn4)c3)c21. The molecule has 0 amide bonds. The van der Waals surface area contributed by atoms with Crippen molar-refractivity contribution in [2.45, 2.75) is 12.3 Å². The molecule has 0 bridgehead atoms. The lowest BCUT2D eigenvalue weighted by molar-refractivity contribution is 0.798. The zero-order valence-corrected chi connectivity index (χ0v) is 15.1. The molecule has 0 atom stereocenters. The number of nitrogens with zero attached hydrogens (tertiary/aromatic N) is 5. The van der Waals surface area contributed by atoms with Crippen molar-refractivity contribution >= 4 is 44.5 Å². The van der Waals surface area contributed by atoms with E-state index in [4.69, 9.17) is 0 Å². The van der Waals surface area contributed by atoms with E-state index in [0.29, 0.717) is 0 Å². The lowest BCUT2D eigenvalue weighted by Gasteiger charge is -2.06. The third kappa shape index (κ3) is 3.54. The van der Waals surface area contributed by atoms with Gasteiger partial charge in [0.1, 0.15) is 0 Å². The number of aryl methyl sites for hydroxylation is 1. The molecular weight excluding hydrogens is 400 g/mol. The highest BCUT2D eigenvalue weighted by molar-refractivity contribution is 9.10. The maximum absolute atomic E-state index is 4.36. The molecular formula is C17H17BrN6S. The Bertz CT molecular complexity index is 1010. The van der Waals surface area contributed by atoms with Crippen LogP contribution >= 0.6 is 27.9 Å². The van der Waals surface area contributed by atoms with E-state index >= 15 is 0 Å². The maximum atomic E-state index is 4.36. The number of fused-ring (bicyclic) bond motifs is 1. The first-order valence-corrected chi connectivity index (χ1v) is 8.82. The molecule has 3 aromatic heterocycles. The average molecular weight is 417 g/mol. The Hall–Kier alpha value is -2.32. The summed E-state index contributed by atoms with van der Waals surface area (Å²) in [6.07, 6.45) is 7.36. The zero-order valence-electron chi connectivity index (χ0n) is 12.7. The van der Waals surface area contributed by atoms with Crippen LogP contribution in [0.1, 0.15) is 7.43 Å². The number of pyridine rings is 1. The summed E-state index contributed by atoms with van der Waals surface area (Å²) in [5.74, 6) is 0.768. The van der Waals surface area contributed by atoms with Gasteiger partial charge in [0.2, 0.25) is 0 Å². The van der Waals surface area contributed by atoms with Gasteiger partial charge < -0.3 is 4.72 Å². The van der Waals surface area contributed by atoms with Crippen molar-refractivity contribution in [3.63, 3.8) is 0 Å². The van der Waals surface area contributed by atoms with Gasteiger partial charge in [-0.3, -0.25) is 4.68 Å². The Morgan fingerprint density at radius 2 is 2.04 bits per heavy atom. The average Bonchev–Trinajstić information content (AvgIpc) is 3.21. The van der Waals surface area contributed by atoms with Crippen molar-refractivity contribution in [3.8, 4) is 5.82 Å². The van der Waals surface area contributed by atoms with Crippen LogP contribution < -0.4 is 4.72 Å². The third-order valence-electron chi connectivity index (χ3n) is 3.54. The molecule has 0 fully saturated rings. The maximum Gasteiger partial charge on any atom is 0.154 e. The minimum Gasteiger partial charge on any atom is -0.324 e. The van der Waals surface area contributed by atoms with Gasteiger partial charge in [0.05, 0.1) is 28.5 Å². The quantitative estimate of drug-likeness (QED) is 0.489. The van der Waals surface area contributed by atoms with Gasteiger partial charge in [-0.1, -0.05) is 35.5 Å². The Kier molecular flexibility index (Phi) is 5.10. The Labute approximate surface area is 158 Å². The molecule has 8 heteroatoms. The van der Waals surface area contributed by atoms with Gasteiger partial charge in [0.15, 0.2) is 5.82 Å². The minimum absolute atomic E-state index is 0. The molecule has 3 heterocycles. The van der Waals surface area contributed by atoms with E-state index in [1.54, 1.807) is 10.9 Å². The minimum atomic E-state index is 0. The molecule has 1 N–H and O–H groups in total. The fourth-order valence-corrected chi connectivity index (χ4v) is 3.40. The zero-order chi connectivity index (χ0) is 16.5. The predicted molar refractivity (Wildman–Crippen MR) is 106 cm³/mol. The van der Waals surface area contributed by atoms with E-state index in [1.165, 1.54) is 11.9 Å². The molecule has 0 saturated heterocycles. The highest BCUT2D eigenvalue weighted by atomic mass is 79.9. The van der Waals surface area contributed by atoms with E-state index in [1.807, 2.05) is 54.6 Å². The van der Waals surface area contributed by atoms with Crippen LogP contribution in [0.3, 0.4) is 0 Å². The summed E-state index contributed by atoms with van der Waals surface area (Å²) in [7, 11) is 1.94. The summed E-state index contributed by atoms with van der Waals surface area (Å²) in [5, 5.41) is 9.77. The molecule has 0 spiro atoms. The highest BCUT2D eigenvalue weighted by Gasteiger charge is 2.07. The fraction of sp³-hybridized carbons (Fsp3) is 0.118. The summed E-state index contributed by atoms with van der Waals surface area (Å²) < 4.78 is 7.97. The van der Waals surface area contributed by atoms with Gasteiger partial charge in [-0.15, -0.1) is 0 Å². The summed E-state index contributed by atoms with van der Waals surface area (Å²) in [6, 6.07) is 9.91. The number of halogens is 1. The van der Waals surface area contributed by atoms with Gasteiger partial charge in [0.25, 0.3) is 0 Å². The first-order valence-electron chi connectivity index (χ1n) is 7.21. The number of hydrogen-bond donors (Lipinski definition) is 1. The van der Waals surface area contributed by atoms with Crippen LogP contribution in [0.25, 0.3) is 16.7 Å². The largest absolute Gasteiger partial charge is 0.324 e. The molecule has 0 radical (unpaired) electrons. The molecule has 0 aliphatic rings. The molecule has 0 saturated carbocycles. The monoisotopic (exact) mass is 416 g/mol. The van der Waals surface area contributed by atoms with Gasteiger partial charge in [-0.05, 0) is 30.1 Å². The topological polar surface area (TPSA) is 60.6 Å². The normalized spacial score (nSPS) is 10.6. The number of anilines is 1. The number of rotatable bonds is 4. The number of para-hydroxylation sites is 1. The summed E-state index contributed by atoms with van der Waals surface area (Å²) >= 11 is 4.95. The molecule has 1 aromatic carbocycles. The fourth-order valence-electron chi connectivity index (χ4n) is 2.43. The summed E-state index contributed by atoms with van der Waals surface area (Å²) in [5.41, 5.74) is 2.09.